The van der Waals surface area contributed by atoms with Gasteiger partial charge in [-0.3, -0.25) is 0 Å². The Balaban J connectivity index is 1.44. The summed E-state index contributed by atoms with van der Waals surface area (Å²) in [5.41, 5.74) is 1.29. The number of epoxide rings is 1. The molecule has 1 saturated heterocycles. The first-order chi connectivity index (χ1) is 11.3. The molecule has 0 radical (unpaired) electrons. The van der Waals surface area contributed by atoms with Crippen molar-refractivity contribution >= 4 is 0 Å². The molecule has 0 aliphatic carbocycles. The average molecular weight is 319 g/mol. The highest BCUT2D eigenvalue weighted by molar-refractivity contribution is 5.13. The van der Waals surface area contributed by atoms with Crippen molar-refractivity contribution in [2.75, 3.05) is 13.2 Å². The summed E-state index contributed by atoms with van der Waals surface area (Å²) in [6.45, 7) is 4.61. The van der Waals surface area contributed by atoms with Crippen LogP contribution in [-0.4, -0.2) is 18.8 Å². The lowest BCUT2D eigenvalue weighted by Crippen LogP contribution is -2.19. The maximum absolute atomic E-state index is 5.86. The summed E-state index contributed by atoms with van der Waals surface area (Å²) in [6.07, 6.45) is 13.6. The maximum atomic E-state index is 5.86. The van der Waals surface area contributed by atoms with E-state index in [0.717, 1.165) is 19.6 Å². The molecule has 1 fully saturated rings. The topological polar surface area (TPSA) is 21.8 Å². The summed E-state index contributed by atoms with van der Waals surface area (Å²) in [5, 5.41) is 0. The van der Waals surface area contributed by atoms with Gasteiger partial charge in [0.05, 0.1) is 19.8 Å². The van der Waals surface area contributed by atoms with Crippen molar-refractivity contribution < 1.29 is 9.47 Å². The van der Waals surface area contributed by atoms with Gasteiger partial charge < -0.3 is 9.47 Å². The van der Waals surface area contributed by atoms with Gasteiger partial charge in [-0.25, -0.2) is 0 Å². The van der Waals surface area contributed by atoms with Gasteiger partial charge in [-0.05, 0) is 12.0 Å². The van der Waals surface area contributed by atoms with Gasteiger partial charge >= 0.3 is 0 Å². The van der Waals surface area contributed by atoms with E-state index in [1.54, 1.807) is 0 Å². The van der Waals surface area contributed by atoms with Crippen molar-refractivity contribution in [3.8, 4) is 0 Å². The molecule has 0 aromatic heterocycles. The Hall–Kier alpha value is -0.860. The lowest BCUT2D eigenvalue weighted by molar-refractivity contribution is 0.0631. The minimum Gasteiger partial charge on any atom is -0.374 e. The molecule has 0 bridgehead atoms. The van der Waals surface area contributed by atoms with Crippen LogP contribution in [0.4, 0.5) is 0 Å². The van der Waals surface area contributed by atoms with Crippen LogP contribution in [0.15, 0.2) is 30.3 Å². The van der Waals surface area contributed by atoms with Crippen LogP contribution < -0.4 is 0 Å². The van der Waals surface area contributed by atoms with Crippen LogP contribution in [0.3, 0.4) is 0 Å². The van der Waals surface area contributed by atoms with E-state index in [9.17, 15) is 0 Å². The highest BCUT2D eigenvalue weighted by Gasteiger charge is 2.44. The zero-order chi connectivity index (χ0) is 16.2. The minimum absolute atomic E-state index is 0.0515. The predicted molar refractivity (Wildman–Crippen MR) is 96.6 cm³/mol. The third-order valence-corrected chi connectivity index (χ3v) is 4.77. The third kappa shape index (κ3) is 7.99. The number of rotatable bonds is 14. The molecule has 130 valence electrons. The summed E-state index contributed by atoms with van der Waals surface area (Å²) < 4.78 is 11.5. The van der Waals surface area contributed by atoms with Crippen LogP contribution in [0.5, 0.6) is 0 Å². The minimum atomic E-state index is 0.0515. The number of hydrogen-bond acceptors (Lipinski definition) is 2. The lowest BCUT2D eigenvalue weighted by Gasteiger charge is -2.12. The largest absolute Gasteiger partial charge is 0.374 e. The lowest BCUT2D eigenvalue weighted by atomic mass is 10.0. The van der Waals surface area contributed by atoms with E-state index >= 15 is 0 Å². The van der Waals surface area contributed by atoms with Gasteiger partial charge in [0.15, 0.2) is 0 Å². The first-order valence-corrected chi connectivity index (χ1v) is 9.60. The van der Waals surface area contributed by atoms with Crippen LogP contribution in [0.25, 0.3) is 0 Å². The maximum Gasteiger partial charge on any atom is 0.115 e. The molecule has 2 heteroatoms. The predicted octanol–water partition coefficient (Wildman–Crippen LogP) is 5.89. The Morgan fingerprint density at radius 2 is 1.52 bits per heavy atom. The average Bonchev–Trinajstić information content (AvgIpc) is 3.34. The summed E-state index contributed by atoms with van der Waals surface area (Å²) in [5.74, 6) is 0. The molecular weight excluding hydrogens is 284 g/mol. The Labute approximate surface area is 142 Å². The first-order valence-electron chi connectivity index (χ1n) is 9.60. The van der Waals surface area contributed by atoms with E-state index in [1.807, 2.05) is 6.07 Å². The molecule has 1 aliphatic heterocycles. The quantitative estimate of drug-likeness (QED) is 0.315. The Morgan fingerprint density at radius 3 is 2.13 bits per heavy atom. The Kier molecular flexibility index (Phi) is 8.70. The molecule has 1 aliphatic rings. The van der Waals surface area contributed by atoms with Crippen molar-refractivity contribution in [3.63, 3.8) is 0 Å². The van der Waals surface area contributed by atoms with Gasteiger partial charge in [0.1, 0.15) is 5.60 Å². The zero-order valence-corrected chi connectivity index (χ0v) is 14.9. The molecule has 1 aromatic carbocycles. The molecule has 2 rings (SSSR count). The molecule has 1 atom stereocenters. The van der Waals surface area contributed by atoms with Gasteiger partial charge in [-0.2, -0.15) is 0 Å². The van der Waals surface area contributed by atoms with Crippen LogP contribution in [0.1, 0.15) is 76.7 Å². The molecule has 0 spiro atoms. The van der Waals surface area contributed by atoms with E-state index in [4.69, 9.17) is 9.47 Å². The molecule has 1 aromatic rings. The van der Waals surface area contributed by atoms with Crippen molar-refractivity contribution in [2.24, 2.45) is 0 Å². The molecule has 1 heterocycles. The fourth-order valence-electron chi connectivity index (χ4n) is 3.09. The second kappa shape index (κ2) is 10.8. The standard InChI is InChI=1S/C21H34O2/c1-2-3-4-5-6-7-8-9-13-16-21(19-23-21)18-22-17-20-14-11-10-12-15-20/h10-12,14-15H,2-9,13,16-19H2,1H3/t21-/m1/s1. The SMILES string of the molecule is CCCCCCCCCCC[C@@]1(COCc2ccccc2)CO1. The van der Waals surface area contributed by atoms with Gasteiger partial charge in [-0.15, -0.1) is 0 Å². The molecule has 0 saturated carbocycles. The van der Waals surface area contributed by atoms with Gasteiger partial charge in [0.25, 0.3) is 0 Å². The summed E-state index contributed by atoms with van der Waals surface area (Å²) >= 11 is 0. The Bertz CT molecular complexity index is 398. The van der Waals surface area contributed by atoms with E-state index in [0.29, 0.717) is 6.61 Å². The summed E-state index contributed by atoms with van der Waals surface area (Å²) in [6, 6.07) is 10.4. The molecule has 0 amide bonds. The van der Waals surface area contributed by atoms with Crippen LogP contribution in [-0.2, 0) is 16.1 Å². The van der Waals surface area contributed by atoms with E-state index in [2.05, 4.69) is 31.2 Å². The highest BCUT2D eigenvalue weighted by Crippen LogP contribution is 2.33. The Morgan fingerprint density at radius 1 is 0.913 bits per heavy atom. The van der Waals surface area contributed by atoms with Crippen molar-refractivity contribution in [1.29, 1.82) is 0 Å². The van der Waals surface area contributed by atoms with Gasteiger partial charge in [0, 0.05) is 0 Å². The summed E-state index contributed by atoms with van der Waals surface area (Å²) in [7, 11) is 0. The third-order valence-electron chi connectivity index (χ3n) is 4.77. The molecule has 0 N–H and O–H groups in total. The fourth-order valence-corrected chi connectivity index (χ4v) is 3.09. The molecule has 23 heavy (non-hydrogen) atoms. The molecular formula is C21H34O2. The zero-order valence-electron chi connectivity index (χ0n) is 14.9. The van der Waals surface area contributed by atoms with E-state index < -0.39 is 0 Å². The second-order valence-corrected chi connectivity index (χ2v) is 7.03. The normalized spacial score (nSPS) is 19.9. The summed E-state index contributed by atoms with van der Waals surface area (Å²) in [4.78, 5) is 0. The first kappa shape index (κ1) is 18.5. The van der Waals surface area contributed by atoms with Crippen LogP contribution in [0, 0.1) is 0 Å². The van der Waals surface area contributed by atoms with E-state index in [1.165, 1.54) is 63.4 Å². The van der Waals surface area contributed by atoms with E-state index in [-0.39, 0.29) is 5.60 Å². The number of hydrogen-bond donors (Lipinski definition) is 0. The van der Waals surface area contributed by atoms with Crippen molar-refractivity contribution in [3.05, 3.63) is 35.9 Å². The highest BCUT2D eigenvalue weighted by atomic mass is 16.6. The van der Waals surface area contributed by atoms with Gasteiger partial charge in [-0.1, -0.05) is 95.0 Å². The van der Waals surface area contributed by atoms with Crippen molar-refractivity contribution in [2.45, 2.75) is 83.3 Å². The van der Waals surface area contributed by atoms with Crippen LogP contribution >= 0.6 is 0 Å². The number of unbranched alkanes of at least 4 members (excludes halogenated alkanes) is 8. The monoisotopic (exact) mass is 318 g/mol. The second-order valence-electron chi connectivity index (χ2n) is 7.03. The molecule has 2 nitrogen and oxygen atoms in total. The molecule has 0 unspecified atom stereocenters. The van der Waals surface area contributed by atoms with Gasteiger partial charge in [0.2, 0.25) is 0 Å². The smallest absolute Gasteiger partial charge is 0.115 e. The number of benzene rings is 1. The van der Waals surface area contributed by atoms with Crippen LogP contribution in [0.2, 0.25) is 0 Å². The fraction of sp³-hybridized carbons (Fsp3) is 0.714. The van der Waals surface area contributed by atoms with Crippen molar-refractivity contribution in [1.82, 2.24) is 0 Å². The number of ether oxygens (including phenoxy) is 2.